The van der Waals surface area contributed by atoms with Crippen molar-refractivity contribution in [3.8, 4) is 11.1 Å². The van der Waals surface area contributed by atoms with Crippen molar-refractivity contribution >= 4 is 11.9 Å². The first-order chi connectivity index (χ1) is 13.5. The molecular formula is C23H18FNO3. The van der Waals surface area contributed by atoms with Gasteiger partial charge in [0.1, 0.15) is 11.9 Å². The van der Waals surface area contributed by atoms with E-state index in [2.05, 4.69) is 5.32 Å². The first-order valence-corrected chi connectivity index (χ1v) is 8.99. The maximum Gasteiger partial charge on any atom is 0.327 e. The maximum atomic E-state index is 13.0. The number of carbonyl (C=O) groups is 2. The Morgan fingerprint density at radius 2 is 1.43 bits per heavy atom. The molecule has 3 aromatic carbocycles. The number of amides is 1. The first kappa shape index (κ1) is 17.9. The summed E-state index contributed by atoms with van der Waals surface area (Å²) in [5.41, 5.74) is 4.37. The largest absolute Gasteiger partial charge is 0.480 e. The lowest BCUT2D eigenvalue weighted by atomic mass is 9.89. The minimum absolute atomic E-state index is 0.0138. The molecule has 3 aromatic rings. The van der Waals surface area contributed by atoms with E-state index in [9.17, 15) is 19.1 Å². The summed E-state index contributed by atoms with van der Waals surface area (Å²) in [5.74, 6) is -2.36. The third-order valence-corrected chi connectivity index (χ3v) is 5.08. The highest BCUT2D eigenvalue weighted by atomic mass is 19.1. The Hall–Kier alpha value is -3.47. The minimum atomic E-state index is -1.10. The lowest BCUT2D eigenvalue weighted by Crippen LogP contribution is -2.45. The second-order valence-corrected chi connectivity index (χ2v) is 6.84. The number of carboxylic acids is 1. The van der Waals surface area contributed by atoms with Crippen LogP contribution < -0.4 is 5.32 Å². The monoisotopic (exact) mass is 375 g/mol. The molecule has 4 nitrogen and oxygen atoms in total. The Morgan fingerprint density at radius 1 is 0.893 bits per heavy atom. The quantitative estimate of drug-likeness (QED) is 0.714. The topological polar surface area (TPSA) is 66.4 Å². The smallest absolute Gasteiger partial charge is 0.327 e. The van der Waals surface area contributed by atoms with Crippen LogP contribution >= 0.6 is 0 Å². The van der Waals surface area contributed by atoms with Gasteiger partial charge in [0.2, 0.25) is 5.91 Å². The molecule has 1 amide bonds. The molecule has 0 fully saturated rings. The number of nitrogens with one attached hydrogen (secondary N) is 1. The highest BCUT2D eigenvalue weighted by molar-refractivity contribution is 5.89. The summed E-state index contributed by atoms with van der Waals surface area (Å²) in [6.45, 7) is 0. The van der Waals surface area contributed by atoms with Gasteiger partial charge >= 0.3 is 5.97 Å². The molecule has 0 saturated heterocycles. The maximum absolute atomic E-state index is 13.0. The molecule has 5 heteroatoms. The standard InChI is InChI=1S/C23H18FNO3/c24-15-11-9-14(10-12-15)13-20(26)25-22(23(27)28)21-18-7-3-1-5-16(18)17-6-2-4-8-19(17)21/h1-12,21-22H,13H2,(H,25,26)(H,27,28)/t22-/m0/s1. The van der Waals surface area contributed by atoms with E-state index in [-0.39, 0.29) is 12.2 Å². The average molecular weight is 375 g/mol. The molecule has 0 aliphatic heterocycles. The third kappa shape index (κ3) is 3.27. The zero-order valence-corrected chi connectivity index (χ0v) is 14.9. The van der Waals surface area contributed by atoms with Crippen LogP contribution in [0.15, 0.2) is 72.8 Å². The lowest BCUT2D eigenvalue weighted by Gasteiger charge is -2.23. The van der Waals surface area contributed by atoms with Gasteiger partial charge in [0, 0.05) is 5.92 Å². The molecule has 2 N–H and O–H groups in total. The fraction of sp³-hybridized carbons (Fsp3) is 0.130. The third-order valence-electron chi connectivity index (χ3n) is 5.08. The number of halogens is 1. The zero-order valence-electron chi connectivity index (χ0n) is 14.9. The summed E-state index contributed by atoms with van der Waals surface area (Å²) in [7, 11) is 0. The molecule has 0 unspecified atom stereocenters. The van der Waals surface area contributed by atoms with Gasteiger partial charge in [-0.2, -0.15) is 0 Å². The van der Waals surface area contributed by atoms with Crippen molar-refractivity contribution in [1.82, 2.24) is 5.32 Å². The number of benzene rings is 3. The van der Waals surface area contributed by atoms with E-state index in [0.29, 0.717) is 5.56 Å². The van der Waals surface area contributed by atoms with Crippen molar-refractivity contribution in [2.45, 2.75) is 18.4 Å². The van der Waals surface area contributed by atoms with Crippen LogP contribution in [0, 0.1) is 5.82 Å². The SMILES string of the molecule is O=C(Cc1ccc(F)cc1)N[C@H](C(=O)O)C1c2ccccc2-c2ccccc21. The van der Waals surface area contributed by atoms with Crippen LogP contribution in [0.4, 0.5) is 4.39 Å². The van der Waals surface area contributed by atoms with Crippen molar-refractivity contribution < 1.29 is 19.1 Å². The van der Waals surface area contributed by atoms with E-state index < -0.39 is 23.8 Å². The molecule has 4 rings (SSSR count). The van der Waals surface area contributed by atoms with E-state index in [4.69, 9.17) is 0 Å². The molecule has 140 valence electrons. The van der Waals surface area contributed by atoms with Gasteiger partial charge in [-0.1, -0.05) is 60.7 Å². The molecule has 0 spiro atoms. The average Bonchev–Trinajstić information content (AvgIpc) is 3.02. The van der Waals surface area contributed by atoms with E-state index in [1.165, 1.54) is 24.3 Å². The molecule has 28 heavy (non-hydrogen) atoms. The molecule has 1 aliphatic rings. The molecular weight excluding hydrogens is 357 g/mol. The summed E-state index contributed by atoms with van der Waals surface area (Å²) in [6.07, 6.45) is -0.0138. The predicted octanol–water partition coefficient (Wildman–Crippen LogP) is 3.75. The van der Waals surface area contributed by atoms with E-state index in [1.54, 1.807) is 0 Å². The molecule has 0 saturated carbocycles. The Kier molecular flexibility index (Phi) is 4.65. The Balaban J connectivity index is 1.64. The Morgan fingerprint density at radius 3 is 1.96 bits per heavy atom. The van der Waals surface area contributed by atoms with E-state index in [1.807, 2.05) is 48.5 Å². The van der Waals surface area contributed by atoms with Crippen LogP contribution in [0.2, 0.25) is 0 Å². The van der Waals surface area contributed by atoms with E-state index >= 15 is 0 Å². The molecule has 1 atom stereocenters. The highest BCUT2D eigenvalue weighted by Gasteiger charge is 2.38. The fourth-order valence-electron chi connectivity index (χ4n) is 3.85. The highest BCUT2D eigenvalue weighted by Crippen LogP contribution is 2.46. The van der Waals surface area contributed by atoms with Gasteiger partial charge in [0.15, 0.2) is 0 Å². The van der Waals surface area contributed by atoms with Gasteiger partial charge in [-0.25, -0.2) is 9.18 Å². The van der Waals surface area contributed by atoms with Gasteiger partial charge in [-0.05, 0) is 39.9 Å². The van der Waals surface area contributed by atoms with Crippen molar-refractivity contribution in [3.63, 3.8) is 0 Å². The summed E-state index contributed by atoms with van der Waals surface area (Å²) in [6, 6.07) is 19.8. The summed E-state index contributed by atoms with van der Waals surface area (Å²) in [5, 5.41) is 12.5. The van der Waals surface area contributed by atoms with Crippen LogP contribution in [0.3, 0.4) is 0 Å². The zero-order chi connectivity index (χ0) is 19.7. The molecule has 0 aromatic heterocycles. The Bertz CT molecular complexity index is 1000. The number of carbonyl (C=O) groups excluding carboxylic acids is 1. The van der Waals surface area contributed by atoms with Crippen molar-refractivity contribution in [3.05, 3.63) is 95.3 Å². The van der Waals surface area contributed by atoms with Crippen LogP contribution in [0.5, 0.6) is 0 Å². The molecule has 0 heterocycles. The summed E-state index contributed by atoms with van der Waals surface area (Å²) >= 11 is 0. The summed E-state index contributed by atoms with van der Waals surface area (Å²) < 4.78 is 13.0. The number of carboxylic acid groups (broad SMARTS) is 1. The number of aliphatic carboxylic acids is 1. The number of fused-ring (bicyclic) bond motifs is 3. The van der Waals surface area contributed by atoms with Crippen molar-refractivity contribution in [2.24, 2.45) is 0 Å². The van der Waals surface area contributed by atoms with Gasteiger partial charge in [0.25, 0.3) is 0 Å². The second kappa shape index (κ2) is 7.27. The van der Waals surface area contributed by atoms with Crippen LogP contribution in [-0.4, -0.2) is 23.0 Å². The fourth-order valence-corrected chi connectivity index (χ4v) is 3.85. The van der Waals surface area contributed by atoms with Gasteiger partial charge in [-0.3, -0.25) is 4.79 Å². The van der Waals surface area contributed by atoms with Crippen LogP contribution in [0.1, 0.15) is 22.6 Å². The lowest BCUT2D eigenvalue weighted by molar-refractivity contribution is -0.142. The number of hydrogen-bond donors (Lipinski definition) is 2. The molecule has 0 radical (unpaired) electrons. The van der Waals surface area contributed by atoms with E-state index in [0.717, 1.165) is 22.3 Å². The van der Waals surface area contributed by atoms with Gasteiger partial charge in [-0.15, -0.1) is 0 Å². The molecule has 1 aliphatic carbocycles. The van der Waals surface area contributed by atoms with Gasteiger partial charge in [0.05, 0.1) is 6.42 Å². The normalized spacial score (nSPS) is 13.5. The van der Waals surface area contributed by atoms with Crippen LogP contribution in [-0.2, 0) is 16.0 Å². The second-order valence-electron chi connectivity index (χ2n) is 6.84. The minimum Gasteiger partial charge on any atom is -0.480 e. The summed E-state index contributed by atoms with van der Waals surface area (Å²) in [4.78, 5) is 24.6. The molecule has 0 bridgehead atoms. The Labute approximate surface area is 161 Å². The van der Waals surface area contributed by atoms with Crippen LogP contribution in [0.25, 0.3) is 11.1 Å². The predicted molar refractivity (Wildman–Crippen MR) is 103 cm³/mol. The first-order valence-electron chi connectivity index (χ1n) is 8.99. The number of hydrogen-bond acceptors (Lipinski definition) is 2. The van der Waals surface area contributed by atoms with Crippen molar-refractivity contribution in [2.75, 3.05) is 0 Å². The number of rotatable bonds is 5. The van der Waals surface area contributed by atoms with Gasteiger partial charge < -0.3 is 10.4 Å². The van der Waals surface area contributed by atoms with Crippen molar-refractivity contribution in [1.29, 1.82) is 0 Å².